The molecule has 0 aromatic heterocycles. The molecule has 0 saturated heterocycles. The van der Waals surface area contributed by atoms with E-state index in [1.165, 1.54) is 0 Å². The first kappa shape index (κ1) is 11.0. The quantitative estimate of drug-likeness (QED) is 0.584. The van der Waals surface area contributed by atoms with Gasteiger partial charge in [-0.1, -0.05) is 25.2 Å². The average Bonchev–Trinajstić information content (AvgIpc) is 2.05. The molecule has 0 aromatic rings. The van der Waals surface area contributed by atoms with Gasteiger partial charge in [-0.15, -0.1) is 0 Å². The van der Waals surface area contributed by atoms with E-state index in [1.807, 2.05) is 32.9 Å². The van der Waals surface area contributed by atoms with Crippen LogP contribution in [0.3, 0.4) is 0 Å². The summed E-state index contributed by atoms with van der Waals surface area (Å²) in [7, 11) is 0. The number of hydrogen-bond acceptors (Lipinski definition) is 1. The van der Waals surface area contributed by atoms with Crippen molar-refractivity contribution in [3.8, 4) is 6.07 Å². The first-order chi connectivity index (χ1) is 5.58. The third-order valence-electron chi connectivity index (χ3n) is 1.85. The fourth-order valence-electron chi connectivity index (χ4n) is 0.975. The first-order valence-corrected chi connectivity index (χ1v) is 4.33. The third kappa shape index (κ3) is 2.92. The van der Waals surface area contributed by atoms with E-state index in [2.05, 4.69) is 19.1 Å². The SMILES string of the molecule is C/C=C(\C=C/CC)C(C)(C)C#N. The molecule has 0 N–H and O–H groups in total. The summed E-state index contributed by atoms with van der Waals surface area (Å²) in [4.78, 5) is 0. The van der Waals surface area contributed by atoms with Crippen LogP contribution in [-0.2, 0) is 0 Å². The fourth-order valence-corrected chi connectivity index (χ4v) is 0.975. The number of allylic oxidation sites excluding steroid dienone is 4. The van der Waals surface area contributed by atoms with Crippen LogP contribution < -0.4 is 0 Å². The molecule has 1 heteroatoms. The van der Waals surface area contributed by atoms with Crippen LogP contribution in [0.15, 0.2) is 23.8 Å². The second kappa shape index (κ2) is 4.77. The van der Waals surface area contributed by atoms with Gasteiger partial charge in [0.2, 0.25) is 0 Å². The van der Waals surface area contributed by atoms with Crippen molar-refractivity contribution in [2.75, 3.05) is 0 Å². The van der Waals surface area contributed by atoms with E-state index in [4.69, 9.17) is 5.26 Å². The normalized spacial score (nSPS) is 13.4. The van der Waals surface area contributed by atoms with Crippen LogP contribution in [0.4, 0.5) is 0 Å². The van der Waals surface area contributed by atoms with Gasteiger partial charge in [0.1, 0.15) is 0 Å². The predicted molar refractivity (Wildman–Crippen MR) is 52.6 cm³/mol. The molecule has 12 heavy (non-hydrogen) atoms. The smallest absolute Gasteiger partial charge is 0.0763 e. The van der Waals surface area contributed by atoms with E-state index < -0.39 is 0 Å². The third-order valence-corrected chi connectivity index (χ3v) is 1.85. The summed E-state index contributed by atoms with van der Waals surface area (Å²) < 4.78 is 0. The molecule has 0 bridgehead atoms. The molecular formula is C11H17N. The molecule has 0 aromatic carbocycles. The Kier molecular flexibility index (Phi) is 4.36. The minimum absolute atomic E-state index is 0.361. The average molecular weight is 163 g/mol. The van der Waals surface area contributed by atoms with Crippen molar-refractivity contribution in [2.45, 2.75) is 34.1 Å². The molecule has 0 aliphatic carbocycles. The summed E-state index contributed by atoms with van der Waals surface area (Å²) in [5.74, 6) is 0. The Balaban J connectivity index is 4.62. The molecule has 0 radical (unpaired) electrons. The molecular weight excluding hydrogens is 146 g/mol. The van der Waals surface area contributed by atoms with Gasteiger partial charge in [0.05, 0.1) is 11.5 Å². The Hall–Kier alpha value is -1.03. The van der Waals surface area contributed by atoms with Gasteiger partial charge in [-0.2, -0.15) is 5.26 Å². The van der Waals surface area contributed by atoms with E-state index >= 15 is 0 Å². The van der Waals surface area contributed by atoms with Crippen LogP contribution in [0.25, 0.3) is 0 Å². The zero-order valence-corrected chi connectivity index (χ0v) is 8.39. The van der Waals surface area contributed by atoms with Crippen molar-refractivity contribution in [3.63, 3.8) is 0 Å². The molecule has 0 fully saturated rings. The van der Waals surface area contributed by atoms with E-state index in [-0.39, 0.29) is 5.41 Å². The second-order valence-corrected chi connectivity index (χ2v) is 3.29. The van der Waals surface area contributed by atoms with E-state index in [0.717, 1.165) is 12.0 Å². The predicted octanol–water partition coefficient (Wildman–Crippen LogP) is 3.45. The second-order valence-electron chi connectivity index (χ2n) is 3.29. The lowest BCUT2D eigenvalue weighted by Crippen LogP contribution is -2.09. The lowest BCUT2D eigenvalue weighted by atomic mass is 9.85. The number of nitrogens with zero attached hydrogens (tertiary/aromatic N) is 1. The number of nitriles is 1. The maximum atomic E-state index is 8.87. The maximum absolute atomic E-state index is 8.87. The van der Waals surface area contributed by atoms with Crippen molar-refractivity contribution in [2.24, 2.45) is 5.41 Å². The molecule has 0 aliphatic rings. The van der Waals surface area contributed by atoms with Crippen LogP contribution in [0, 0.1) is 16.7 Å². The molecule has 0 unspecified atom stereocenters. The Morgan fingerprint density at radius 3 is 2.42 bits per heavy atom. The summed E-state index contributed by atoms with van der Waals surface area (Å²) >= 11 is 0. The van der Waals surface area contributed by atoms with Crippen molar-refractivity contribution in [1.29, 1.82) is 5.26 Å². The zero-order chi connectivity index (χ0) is 9.61. The van der Waals surface area contributed by atoms with Crippen LogP contribution in [0.5, 0.6) is 0 Å². The van der Waals surface area contributed by atoms with E-state index in [9.17, 15) is 0 Å². The van der Waals surface area contributed by atoms with Gasteiger partial charge in [0.15, 0.2) is 0 Å². The highest BCUT2D eigenvalue weighted by Crippen LogP contribution is 2.25. The summed E-state index contributed by atoms with van der Waals surface area (Å²) in [6.07, 6.45) is 7.12. The van der Waals surface area contributed by atoms with Gasteiger partial charge in [-0.3, -0.25) is 0 Å². The van der Waals surface area contributed by atoms with Gasteiger partial charge < -0.3 is 0 Å². The van der Waals surface area contributed by atoms with E-state index in [0.29, 0.717) is 0 Å². The highest BCUT2D eigenvalue weighted by molar-refractivity contribution is 5.30. The Labute approximate surface area is 75.4 Å². The van der Waals surface area contributed by atoms with Crippen LogP contribution in [-0.4, -0.2) is 0 Å². The van der Waals surface area contributed by atoms with Crippen molar-refractivity contribution >= 4 is 0 Å². The Morgan fingerprint density at radius 1 is 1.50 bits per heavy atom. The standard InChI is InChI=1S/C11H17N/c1-5-7-8-10(6-2)11(3,4)9-12/h6-8H,5H2,1-4H3/b8-7-,10-6+. The molecule has 0 spiro atoms. The molecule has 0 amide bonds. The van der Waals surface area contributed by atoms with Crippen molar-refractivity contribution in [3.05, 3.63) is 23.8 Å². The molecule has 0 aliphatic heterocycles. The van der Waals surface area contributed by atoms with Crippen molar-refractivity contribution in [1.82, 2.24) is 0 Å². The molecule has 0 saturated carbocycles. The van der Waals surface area contributed by atoms with E-state index in [1.54, 1.807) is 0 Å². The topological polar surface area (TPSA) is 23.8 Å². The summed E-state index contributed by atoms with van der Waals surface area (Å²) in [6, 6.07) is 2.28. The van der Waals surface area contributed by atoms with Crippen LogP contribution >= 0.6 is 0 Å². The maximum Gasteiger partial charge on any atom is 0.0763 e. The Morgan fingerprint density at radius 2 is 2.08 bits per heavy atom. The Bertz CT molecular complexity index is 226. The van der Waals surface area contributed by atoms with Gasteiger partial charge >= 0.3 is 0 Å². The van der Waals surface area contributed by atoms with Crippen molar-refractivity contribution < 1.29 is 0 Å². The number of rotatable bonds is 3. The van der Waals surface area contributed by atoms with Crippen LogP contribution in [0.1, 0.15) is 34.1 Å². The molecule has 0 atom stereocenters. The molecule has 0 rings (SSSR count). The van der Waals surface area contributed by atoms with Gasteiger partial charge in [0, 0.05) is 0 Å². The summed E-state index contributed by atoms with van der Waals surface area (Å²) in [5.41, 5.74) is 0.729. The summed E-state index contributed by atoms with van der Waals surface area (Å²) in [5, 5.41) is 8.87. The minimum atomic E-state index is -0.361. The van der Waals surface area contributed by atoms with Gasteiger partial charge in [-0.25, -0.2) is 0 Å². The molecule has 0 heterocycles. The molecule has 1 nitrogen and oxygen atoms in total. The highest BCUT2D eigenvalue weighted by Gasteiger charge is 2.19. The number of hydrogen-bond donors (Lipinski definition) is 0. The van der Waals surface area contributed by atoms with Gasteiger partial charge in [-0.05, 0) is 32.8 Å². The highest BCUT2D eigenvalue weighted by atomic mass is 14.3. The lowest BCUT2D eigenvalue weighted by molar-refractivity contribution is 0.611. The summed E-state index contributed by atoms with van der Waals surface area (Å²) in [6.45, 7) is 7.92. The fraction of sp³-hybridized carbons (Fsp3) is 0.545. The monoisotopic (exact) mass is 163 g/mol. The van der Waals surface area contributed by atoms with Crippen LogP contribution in [0.2, 0.25) is 0 Å². The first-order valence-electron chi connectivity index (χ1n) is 4.33. The van der Waals surface area contributed by atoms with Gasteiger partial charge in [0.25, 0.3) is 0 Å². The zero-order valence-electron chi connectivity index (χ0n) is 8.39. The minimum Gasteiger partial charge on any atom is -0.197 e. The lowest BCUT2D eigenvalue weighted by Gasteiger charge is -2.16. The largest absolute Gasteiger partial charge is 0.197 e. The molecule has 66 valence electrons.